The Bertz CT molecular complexity index is 949. The van der Waals surface area contributed by atoms with Crippen LogP contribution in [0.4, 0.5) is 0 Å². The molecule has 6 nitrogen and oxygen atoms in total. The average molecular weight is 743 g/mol. The van der Waals surface area contributed by atoms with E-state index in [0.717, 1.165) is 89.9 Å². The van der Waals surface area contributed by atoms with Crippen molar-refractivity contribution in [3.8, 4) is 0 Å². The molecule has 0 aromatic rings. The second-order valence-corrected chi connectivity index (χ2v) is 14.6. The van der Waals surface area contributed by atoms with Crippen molar-refractivity contribution in [2.24, 2.45) is 0 Å². The largest absolute Gasteiger partial charge is 0.462 e. The monoisotopic (exact) mass is 743 g/mol. The molecule has 0 aliphatic carbocycles. The minimum Gasteiger partial charge on any atom is -0.462 e. The summed E-state index contributed by atoms with van der Waals surface area (Å²) in [6.07, 6.45) is 48.1. The molecule has 6 heteroatoms. The molecule has 0 bridgehead atoms. The zero-order chi connectivity index (χ0) is 38.7. The highest BCUT2D eigenvalue weighted by atomic mass is 16.6. The number of allylic oxidation sites excluding steroid dienone is 8. The molecule has 1 atom stereocenters. The molecule has 0 rings (SSSR count). The standard InChI is InChI=1S/C47H82O6/c1-4-7-10-13-16-19-22-23-24-25-26-29-31-34-37-40-46(49)52-43-44(53-47(50)41-38-35-32-28-21-18-15-12-9-6-3)42-51-45(48)39-36-33-30-27-20-17-14-11-8-5-2/h7,10,13,15-16,18-19,22,44H,4-6,8-9,11-12,14,17,20-21,23-43H2,1-3H3/b10-7-,16-13-,18-15-,22-19-. The van der Waals surface area contributed by atoms with E-state index in [0.29, 0.717) is 19.3 Å². The van der Waals surface area contributed by atoms with Crippen LogP contribution < -0.4 is 0 Å². The van der Waals surface area contributed by atoms with Crippen molar-refractivity contribution in [3.05, 3.63) is 48.6 Å². The predicted molar refractivity (Wildman–Crippen MR) is 224 cm³/mol. The second-order valence-electron chi connectivity index (χ2n) is 14.6. The van der Waals surface area contributed by atoms with Crippen LogP contribution in [0.2, 0.25) is 0 Å². The van der Waals surface area contributed by atoms with Gasteiger partial charge in [0.1, 0.15) is 13.2 Å². The summed E-state index contributed by atoms with van der Waals surface area (Å²) in [4.78, 5) is 37.6. The first-order valence-electron chi connectivity index (χ1n) is 22.2. The lowest BCUT2D eigenvalue weighted by Crippen LogP contribution is -2.30. The van der Waals surface area contributed by atoms with Crippen LogP contribution in [0, 0.1) is 0 Å². The fraction of sp³-hybridized carbons (Fsp3) is 0.766. The van der Waals surface area contributed by atoms with Crippen molar-refractivity contribution in [3.63, 3.8) is 0 Å². The number of hydrogen-bond donors (Lipinski definition) is 0. The summed E-state index contributed by atoms with van der Waals surface area (Å²) in [5.41, 5.74) is 0. The highest BCUT2D eigenvalue weighted by Gasteiger charge is 2.19. The SMILES string of the molecule is CC\C=C/C=C\C=C/CCCCCCCCCC(=O)OCC(COC(=O)CCCCCCCCCCCC)OC(=O)CCCCCC/C=C\CCCC. The number of hydrogen-bond acceptors (Lipinski definition) is 6. The van der Waals surface area contributed by atoms with Gasteiger partial charge in [0.25, 0.3) is 0 Å². The van der Waals surface area contributed by atoms with Gasteiger partial charge in [0.2, 0.25) is 0 Å². The lowest BCUT2D eigenvalue weighted by molar-refractivity contribution is -0.167. The van der Waals surface area contributed by atoms with Gasteiger partial charge in [0, 0.05) is 19.3 Å². The summed E-state index contributed by atoms with van der Waals surface area (Å²) in [6, 6.07) is 0. The molecule has 0 aromatic heterocycles. The second kappa shape index (κ2) is 42.1. The summed E-state index contributed by atoms with van der Waals surface area (Å²) >= 11 is 0. The first-order chi connectivity index (χ1) is 26.0. The van der Waals surface area contributed by atoms with E-state index in [1.165, 1.54) is 83.5 Å². The molecule has 0 spiro atoms. The topological polar surface area (TPSA) is 78.9 Å². The van der Waals surface area contributed by atoms with Gasteiger partial charge in [-0.2, -0.15) is 0 Å². The van der Waals surface area contributed by atoms with Gasteiger partial charge in [-0.05, 0) is 57.8 Å². The maximum atomic E-state index is 12.7. The normalized spacial score (nSPS) is 12.4. The molecule has 0 saturated carbocycles. The molecule has 1 unspecified atom stereocenters. The molecule has 0 radical (unpaired) electrons. The average Bonchev–Trinajstić information content (AvgIpc) is 3.15. The first-order valence-corrected chi connectivity index (χ1v) is 22.2. The number of carbonyl (C=O) groups excluding carboxylic acids is 3. The number of ether oxygens (including phenoxy) is 3. The molecule has 306 valence electrons. The van der Waals surface area contributed by atoms with E-state index >= 15 is 0 Å². The maximum absolute atomic E-state index is 12.7. The molecule has 0 saturated heterocycles. The number of carbonyl (C=O) groups is 3. The summed E-state index contributed by atoms with van der Waals surface area (Å²) in [6.45, 7) is 6.42. The van der Waals surface area contributed by atoms with E-state index in [4.69, 9.17) is 14.2 Å². The molecule has 0 heterocycles. The molecule has 53 heavy (non-hydrogen) atoms. The number of unbranched alkanes of at least 4 members (excludes halogenated alkanes) is 22. The quantitative estimate of drug-likeness (QED) is 0.0205. The van der Waals surface area contributed by atoms with Crippen molar-refractivity contribution in [1.29, 1.82) is 0 Å². The Morgan fingerprint density at radius 1 is 0.396 bits per heavy atom. The Morgan fingerprint density at radius 2 is 0.774 bits per heavy atom. The van der Waals surface area contributed by atoms with Crippen LogP contribution >= 0.6 is 0 Å². The smallest absolute Gasteiger partial charge is 0.306 e. The van der Waals surface area contributed by atoms with Gasteiger partial charge in [0.05, 0.1) is 0 Å². The van der Waals surface area contributed by atoms with Crippen LogP contribution in [0.5, 0.6) is 0 Å². The van der Waals surface area contributed by atoms with E-state index in [1.807, 2.05) is 0 Å². The summed E-state index contributed by atoms with van der Waals surface area (Å²) in [5.74, 6) is -0.911. The van der Waals surface area contributed by atoms with Crippen molar-refractivity contribution < 1.29 is 28.6 Å². The third-order valence-electron chi connectivity index (χ3n) is 9.38. The van der Waals surface area contributed by atoms with Gasteiger partial charge in [-0.25, -0.2) is 0 Å². The fourth-order valence-electron chi connectivity index (χ4n) is 6.01. The fourth-order valence-corrected chi connectivity index (χ4v) is 6.01. The minimum absolute atomic E-state index is 0.0806. The Labute approximate surface area is 327 Å². The molecular formula is C47H82O6. The van der Waals surface area contributed by atoms with Gasteiger partial charge in [-0.1, -0.05) is 185 Å². The highest BCUT2D eigenvalue weighted by molar-refractivity contribution is 5.71. The third-order valence-corrected chi connectivity index (χ3v) is 9.38. The summed E-state index contributed by atoms with van der Waals surface area (Å²) in [7, 11) is 0. The van der Waals surface area contributed by atoms with Crippen LogP contribution in [-0.4, -0.2) is 37.2 Å². The lowest BCUT2D eigenvalue weighted by atomic mass is 10.1. The van der Waals surface area contributed by atoms with E-state index in [-0.39, 0.29) is 31.1 Å². The van der Waals surface area contributed by atoms with Crippen LogP contribution in [0.15, 0.2) is 48.6 Å². The van der Waals surface area contributed by atoms with Crippen LogP contribution in [0.25, 0.3) is 0 Å². The summed E-state index contributed by atoms with van der Waals surface area (Å²) in [5, 5.41) is 0. The van der Waals surface area contributed by atoms with Crippen LogP contribution in [-0.2, 0) is 28.6 Å². The summed E-state index contributed by atoms with van der Waals surface area (Å²) < 4.78 is 16.6. The van der Waals surface area contributed by atoms with Crippen molar-refractivity contribution in [2.45, 2.75) is 219 Å². The zero-order valence-corrected chi connectivity index (χ0v) is 34.8. The van der Waals surface area contributed by atoms with E-state index in [9.17, 15) is 14.4 Å². The lowest BCUT2D eigenvalue weighted by Gasteiger charge is -2.18. The van der Waals surface area contributed by atoms with Gasteiger partial charge >= 0.3 is 17.9 Å². The molecule has 0 aliphatic heterocycles. The molecule has 0 aliphatic rings. The van der Waals surface area contributed by atoms with E-state index in [2.05, 4.69) is 69.4 Å². The van der Waals surface area contributed by atoms with E-state index in [1.54, 1.807) is 0 Å². The van der Waals surface area contributed by atoms with Gasteiger partial charge in [-0.15, -0.1) is 0 Å². The molecule has 0 aromatic carbocycles. The number of rotatable bonds is 39. The van der Waals surface area contributed by atoms with Gasteiger partial charge in [0.15, 0.2) is 6.10 Å². The van der Waals surface area contributed by atoms with Gasteiger partial charge in [-0.3, -0.25) is 14.4 Å². The van der Waals surface area contributed by atoms with Crippen molar-refractivity contribution in [2.75, 3.05) is 13.2 Å². The van der Waals surface area contributed by atoms with Crippen LogP contribution in [0.3, 0.4) is 0 Å². The molecule has 0 N–H and O–H groups in total. The predicted octanol–water partition coefficient (Wildman–Crippen LogP) is 14.0. The maximum Gasteiger partial charge on any atom is 0.306 e. The van der Waals surface area contributed by atoms with Crippen molar-refractivity contribution >= 4 is 17.9 Å². The Kier molecular flexibility index (Phi) is 40.0. The first kappa shape index (κ1) is 50.4. The Hall–Kier alpha value is -2.63. The van der Waals surface area contributed by atoms with Gasteiger partial charge < -0.3 is 14.2 Å². The molecular weight excluding hydrogens is 661 g/mol. The zero-order valence-electron chi connectivity index (χ0n) is 34.8. The minimum atomic E-state index is -0.778. The Morgan fingerprint density at radius 3 is 1.25 bits per heavy atom. The van der Waals surface area contributed by atoms with E-state index < -0.39 is 6.10 Å². The third kappa shape index (κ3) is 40.4. The Balaban J connectivity index is 4.37. The highest BCUT2D eigenvalue weighted by Crippen LogP contribution is 2.14. The number of esters is 3. The molecule has 0 amide bonds. The van der Waals surface area contributed by atoms with Crippen LogP contribution in [0.1, 0.15) is 213 Å². The molecule has 0 fully saturated rings. The van der Waals surface area contributed by atoms with Crippen molar-refractivity contribution in [1.82, 2.24) is 0 Å².